The van der Waals surface area contributed by atoms with Crippen molar-refractivity contribution in [2.24, 2.45) is 0 Å². The zero-order chi connectivity index (χ0) is 15.9. The van der Waals surface area contributed by atoms with Gasteiger partial charge in [-0.25, -0.2) is 10.2 Å². The maximum absolute atomic E-state index is 11.8. The van der Waals surface area contributed by atoms with Gasteiger partial charge in [-0.05, 0) is 36.8 Å². The fraction of sp³-hybridized carbons (Fsp3) is 0.125. The predicted molar refractivity (Wildman–Crippen MR) is 88.1 cm³/mol. The lowest BCUT2D eigenvalue weighted by molar-refractivity contribution is 0.0936. The molecular formula is C16H16BrN3O2. The van der Waals surface area contributed by atoms with Gasteiger partial charge in [-0.15, -0.1) is 0 Å². The van der Waals surface area contributed by atoms with Crippen molar-refractivity contribution in [1.29, 1.82) is 0 Å². The molecule has 1 atom stereocenters. The van der Waals surface area contributed by atoms with Crippen molar-refractivity contribution in [3.63, 3.8) is 0 Å². The average Bonchev–Trinajstić information content (AvgIpc) is 2.54. The van der Waals surface area contributed by atoms with E-state index in [1.807, 2.05) is 37.3 Å². The van der Waals surface area contributed by atoms with E-state index in [9.17, 15) is 9.59 Å². The SMILES string of the molecule is C[C@@H](NC(=O)NNC(=O)c1ccccc1)c1ccc(Br)cc1. The standard InChI is InChI=1S/C16H16BrN3O2/c1-11(12-7-9-14(17)10-8-12)18-16(22)20-19-15(21)13-5-3-2-4-6-13/h2-11H,1H3,(H,19,21)(H2,18,20,22)/t11-/m1/s1. The number of halogens is 1. The molecule has 5 nitrogen and oxygen atoms in total. The summed E-state index contributed by atoms with van der Waals surface area (Å²) >= 11 is 3.36. The molecular weight excluding hydrogens is 346 g/mol. The molecule has 0 saturated carbocycles. The van der Waals surface area contributed by atoms with E-state index in [1.54, 1.807) is 24.3 Å². The molecule has 3 amide bonds. The Balaban J connectivity index is 1.83. The van der Waals surface area contributed by atoms with E-state index in [0.717, 1.165) is 10.0 Å². The van der Waals surface area contributed by atoms with E-state index in [4.69, 9.17) is 0 Å². The van der Waals surface area contributed by atoms with Crippen LogP contribution in [-0.2, 0) is 0 Å². The minimum atomic E-state index is -0.473. The van der Waals surface area contributed by atoms with Crippen molar-refractivity contribution < 1.29 is 9.59 Å². The minimum Gasteiger partial charge on any atom is -0.330 e. The summed E-state index contributed by atoms with van der Waals surface area (Å²) in [6.45, 7) is 1.86. The lowest BCUT2D eigenvalue weighted by atomic mass is 10.1. The normalized spacial score (nSPS) is 11.4. The van der Waals surface area contributed by atoms with Gasteiger partial charge in [0.05, 0.1) is 6.04 Å². The van der Waals surface area contributed by atoms with Crippen LogP contribution in [0, 0.1) is 0 Å². The van der Waals surface area contributed by atoms with E-state index in [0.29, 0.717) is 5.56 Å². The molecule has 114 valence electrons. The highest BCUT2D eigenvalue weighted by Crippen LogP contribution is 2.16. The number of carbonyl (C=O) groups excluding carboxylic acids is 2. The highest BCUT2D eigenvalue weighted by atomic mass is 79.9. The molecule has 0 radical (unpaired) electrons. The number of rotatable bonds is 3. The summed E-state index contributed by atoms with van der Waals surface area (Å²) in [5.74, 6) is -0.368. The third-order valence-corrected chi connectivity index (χ3v) is 3.57. The van der Waals surface area contributed by atoms with Crippen LogP contribution in [-0.4, -0.2) is 11.9 Å². The molecule has 0 spiro atoms. The Morgan fingerprint density at radius 1 is 0.955 bits per heavy atom. The Hall–Kier alpha value is -2.34. The number of hydrogen-bond acceptors (Lipinski definition) is 2. The number of urea groups is 1. The molecule has 6 heteroatoms. The zero-order valence-electron chi connectivity index (χ0n) is 12.0. The fourth-order valence-corrected chi connectivity index (χ4v) is 2.11. The van der Waals surface area contributed by atoms with Gasteiger partial charge in [0, 0.05) is 10.0 Å². The van der Waals surface area contributed by atoms with E-state index >= 15 is 0 Å². The van der Waals surface area contributed by atoms with Crippen LogP contribution in [0.3, 0.4) is 0 Å². The molecule has 0 aliphatic rings. The monoisotopic (exact) mass is 361 g/mol. The summed E-state index contributed by atoms with van der Waals surface area (Å²) in [6, 6.07) is 15.6. The second kappa shape index (κ2) is 7.61. The van der Waals surface area contributed by atoms with Gasteiger partial charge in [-0.1, -0.05) is 46.3 Å². The summed E-state index contributed by atoms with van der Waals surface area (Å²) < 4.78 is 0.975. The molecule has 0 aromatic heterocycles. The molecule has 0 bridgehead atoms. The van der Waals surface area contributed by atoms with E-state index in [1.165, 1.54) is 0 Å². The Kier molecular flexibility index (Phi) is 5.55. The van der Waals surface area contributed by atoms with E-state index in [2.05, 4.69) is 32.1 Å². The quantitative estimate of drug-likeness (QED) is 0.734. The first kappa shape index (κ1) is 16.0. The summed E-state index contributed by atoms with van der Waals surface area (Å²) in [7, 11) is 0. The lowest BCUT2D eigenvalue weighted by Gasteiger charge is -2.15. The average molecular weight is 362 g/mol. The second-order valence-corrected chi connectivity index (χ2v) is 5.61. The molecule has 0 aliphatic carbocycles. The summed E-state index contributed by atoms with van der Waals surface area (Å²) in [5.41, 5.74) is 6.13. The summed E-state index contributed by atoms with van der Waals surface area (Å²) in [4.78, 5) is 23.6. The molecule has 2 aromatic rings. The topological polar surface area (TPSA) is 70.2 Å². The number of hydrazine groups is 1. The molecule has 22 heavy (non-hydrogen) atoms. The fourth-order valence-electron chi connectivity index (χ4n) is 1.84. The molecule has 2 aromatic carbocycles. The van der Waals surface area contributed by atoms with Crippen LogP contribution in [0.15, 0.2) is 59.1 Å². The third-order valence-electron chi connectivity index (χ3n) is 3.04. The molecule has 0 heterocycles. The van der Waals surface area contributed by atoms with Crippen molar-refractivity contribution in [3.8, 4) is 0 Å². The lowest BCUT2D eigenvalue weighted by Crippen LogP contribution is -2.47. The maximum atomic E-state index is 11.8. The highest BCUT2D eigenvalue weighted by molar-refractivity contribution is 9.10. The van der Waals surface area contributed by atoms with Crippen LogP contribution < -0.4 is 16.2 Å². The van der Waals surface area contributed by atoms with Crippen molar-refractivity contribution in [2.45, 2.75) is 13.0 Å². The van der Waals surface area contributed by atoms with Crippen molar-refractivity contribution in [3.05, 3.63) is 70.2 Å². The summed E-state index contributed by atoms with van der Waals surface area (Å²) in [6.07, 6.45) is 0. The van der Waals surface area contributed by atoms with Crippen molar-refractivity contribution in [1.82, 2.24) is 16.2 Å². The number of hydrogen-bond donors (Lipinski definition) is 3. The van der Waals surface area contributed by atoms with Gasteiger partial charge >= 0.3 is 6.03 Å². The van der Waals surface area contributed by atoms with Crippen LogP contribution in [0.1, 0.15) is 28.9 Å². The number of nitrogens with one attached hydrogen (secondary N) is 3. The van der Waals surface area contributed by atoms with Gasteiger partial charge in [0.15, 0.2) is 0 Å². The molecule has 2 rings (SSSR count). The van der Waals surface area contributed by atoms with Crippen LogP contribution in [0.25, 0.3) is 0 Å². The van der Waals surface area contributed by atoms with Gasteiger partial charge in [0.25, 0.3) is 5.91 Å². The van der Waals surface area contributed by atoms with Crippen LogP contribution in [0.4, 0.5) is 4.79 Å². The van der Waals surface area contributed by atoms with Gasteiger partial charge in [0.1, 0.15) is 0 Å². The molecule has 0 fully saturated rings. The smallest absolute Gasteiger partial charge is 0.330 e. The van der Waals surface area contributed by atoms with Gasteiger partial charge in [-0.2, -0.15) is 0 Å². The van der Waals surface area contributed by atoms with Gasteiger partial charge in [0.2, 0.25) is 0 Å². The number of carbonyl (C=O) groups is 2. The highest BCUT2D eigenvalue weighted by Gasteiger charge is 2.10. The number of amides is 3. The first-order valence-electron chi connectivity index (χ1n) is 6.73. The van der Waals surface area contributed by atoms with E-state index < -0.39 is 6.03 Å². The maximum Gasteiger partial charge on any atom is 0.333 e. The summed E-state index contributed by atoms with van der Waals surface area (Å²) in [5, 5.41) is 2.74. The van der Waals surface area contributed by atoms with Crippen molar-refractivity contribution >= 4 is 27.9 Å². The Bertz CT molecular complexity index is 644. The number of benzene rings is 2. The van der Waals surface area contributed by atoms with E-state index in [-0.39, 0.29) is 11.9 Å². The first-order valence-corrected chi connectivity index (χ1v) is 7.53. The van der Waals surface area contributed by atoms with Crippen LogP contribution >= 0.6 is 15.9 Å². The largest absolute Gasteiger partial charge is 0.333 e. The minimum absolute atomic E-state index is 0.179. The van der Waals surface area contributed by atoms with Crippen LogP contribution in [0.2, 0.25) is 0 Å². The molecule has 0 unspecified atom stereocenters. The van der Waals surface area contributed by atoms with Gasteiger partial charge < -0.3 is 5.32 Å². The Labute approximate surface area is 137 Å². The molecule has 0 saturated heterocycles. The van der Waals surface area contributed by atoms with Crippen LogP contribution in [0.5, 0.6) is 0 Å². The Morgan fingerprint density at radius 2 is 1.59 bits per heavy atom. The third kappa shape index (κ3) is 4.60. The second-order valence-electron chi connectivity index (χ2n) is 4.69. The zero-order valence-corrected chi connectivity index (χ0v) is 13.6. The predicted octanol–water partition coefficient (Wildman–Crippen LogP) is 3.15. The first-order chi connectivity index (χ1) is 10.6. The Morgan fingerprint density at radius 3 is 2.23 bits per heavy atom. The molecule has 0 aliphatic heterocycles. The van der Waals surface area contributed by atoms with Gasteiger partial charge in [-0.3, -0.25) is 10.2 Å². The van der Waals surface area contributed by atoms with Crippen molar-refractivity contribution in [2.75, 3.05) is 0 Å². The molecule has 3 N–H and O–H groups in total.